The van der Waals surface area contributed by atoms with Gasteiger partial charge in [-0.3, -0.25) is 4.68 Å². The molecule has 1 aromatic rings. The predicted molar refractivity (Wildman–Crippen MR) is 87.4 cm³/mol. The molecule has 0 aromatic carbocycles. The molecule has 5 heteroatoms. The van der Waals surface area contributed by atoms with Crippen molar-refractivity contribution >= 4 is 15.9 Å². The van der Waals surface area contributed by atoms with Gasteiger partial charge in [0.25, 0.3) is 0 Å². The van der Waals surface area contributed by atoms with Gasteiger partial charge in [-0.2, -0.15) is 5.10 Å². The molecule has 21 heavy (non-hydrogen) atoms. The highest BCUT2D eigenvalue weighted by molar-refractivity contribution is 9.10. The van der Waals surface area contributed by atoms with Crippen LogP contribution in [0.1, 0.15) is 46.0 Å². The molecule has 2 heterocycles. The molecule has 0 amide bonds. The lowest BCUT2D eigenvalue weighted by Gasteiger charge is -2.25. The summed E-state index contributed by atoms with van der Waals surface area (Å²) >= 11 is 3.66. The second-order valence-corrected chi connectivity index (χ2v) is 6.92. The molecule has 1 aromatic heterocycles. The summed E-state index contributed by atoms with van der Waals surface area (Å²) in [5.74, 6) is 0.551. The molecule has 1 fully saturated rings. The standard InChI is InChI=1S/C16H27BrN2O2/c1-6-12-16(17)13(19(7-2)18-12)8-14(20)15-9(3)10(4)21-11(15)5/h9-11,14-15,20H,6-8H2,1-5H3. The fourth-order valence-electron chi connectivity index (χ4n) is 3.50. The van der Waals surface area contributed by atoms with Crippen LogP contribution < -0.4 is 0 Å². The number of rotatable bonds is 5. The first-order chi connectivity index (χ1) is 9.90. The van der Waals surface area contributed by atoms with E-state index in [1.165, 1.54) is 0 Å². The molecule has 1 saturated heterocycles. The largest absolute Gasteiger partial charge is 0.392 e. The number of aliphatic hydroxyl groups is 1. The SMILES string of the molecule is CCc1nn(CC)c(CC(O)C2C(C)OC(C)C2C)c1Br. The number of halogens is 1. The summed E-state index contributed by atoms with van der Waals surface area (Å²) in [5, 5.41) is 15.4. The maximum atomic E-state index is 10.7. The molecule has 1 aliphatic rings. The van der Waals surface area contributed by atoms with Crippen LogP contribution in [-0.4, -0.2) is 33.2 Å². The van der Waals surface area contributed by atoms with Gasteiger partial charge in [0.2, 0.25) is 0 Å². The molecule has 0 saturated carbocycles. The van der Waals surface area contributed by atoms with Crippen LogP contribution in [0.2, 0.25) is 0 Å². The van der Waals surface area contributed by atoms with Gasteiger partial charge >= 0.3 is 0 Å². The highest BCUT2D eigenvalue weighted by atomic mass is 79.9. The smallest absolute Gasteiger partial charge is 0.0766 e. The molecule has 0 radical (unpaired) electrons. The number of hydrogen-bond donors (Lipinski definition) is 1. The Kier molecular flexibility index (Phi) is 5.49. The number of nitrogens with zero attached hydrogens (tertiary/aromatic N) is 2. The van der Waals surface area contributed by atoms with Crippen molar-refractivity contribution in [2.24, 2.45) is 11.8 Å². The number of ether oxygens (including phenoxy) is 1. The highest BCUT2D eigenvalue weighted by Crippen LogP contribution is 2.36. The lowest BCUT2D eigenvalue weighted by atomic mass is 9.83. The molecular weight excluding hydrogens is 332 g/mol. The maximum Gasteiger partial charge on any atom is 0.0766 e. The zero-order chi connectivity index (χ0) is 15.7. The van der Waals surface area contributed by atoms with E-state index in [0.29, 0.717) is 12.3 Å². The van der Waals surface area contributed by atoms with Crippen LogP contribution in [0.25, 0.3) is 0 Å². The first-order valence-electron chi connectivity index (χ1n) is 7.98. The molecular formula is C16H27BrN2O2. The molecule has 0 aliphatic carbocycles. The normalized spacial score (nSPS) is 30.8. The van der Waals surface area contributed by atoms with E-state index in [4.69, 9.17) is 4.74 Å². The molecule has 120 valence electrons. The molecule has 2 rings (SSSR count). The fraction of sp³-hybridized carbons (Fsp3) is 0.812. The Morgan fingerprint density at radius 3 is 2.43 bits per heavy atom. The van der Waals surface area contributed by atoms with Gasteiger partial charge in [0, 0.05) is 18.9 Å². The average Bonchev–Trinajstić information content (AvgIpc) is 2.88. The number of hydrogen-bond acceptors (Lipinski definition) is 3. The lowest BCUT2D eigenvalue weighted by molar-refractivity contribution is 0.0233. The first-order valence-corrected chi connectivity index (χ1v) is 8.77. The van der Waals surface area contributed by atoms with E-state index in [1.54, 1.807) is 0 Å². The third kappa shape index (κ3) is 3.20. The zero-order valence-corrected chi connectivity index (χ0v) is 15.2. The van der Waals surface area contributed by atoms with Crippen molar-refractivity contribution in [3.8, 4) is 0 Å². The average molecular weight is 359 g/mol. The molecule has 1 aliphatic heterocycles. The lowest BCUT2D eigenvalue weighted by Crippen LogP contribution is -2.33. The minimum Gasteiger partial charge on any atom is -0.392 e. The van der Waals surface area contributed by atoms with Crippen molar-refractivity contribution in [1.82, 2.24) is 9.78 Å². The summed E-state index contributed by atoms with van der Waals surface area (Å²) in [7, 11) is 0. The molecule has 1 N–H and O–H groups in total. The van der Waals surface area contributed by atoms with Gasteiger partial charge < -0.3 is 9.84 Å². The zero-order valence-electron chi connectivity index (χ0n) is 13.6. The van der Waals surface area contributed by atoms with Crippen LogP contribution in [0, 0.1) is 11.8 Å². The Bertz CT molecular complexity index is 489. The first kappa shape index (κ1) is 17.0. The van der Waals surface area contributed by atoms with Crippen LogP contribution in [0.4, 0.5) is 0 Å². The summed E-state index contributed by atoms with van der Waals surface area (Å²) in [6.07, 6.45) is 1.44. The van der Waals surface area contributed by atoms with Crippen LogP contribution in [0.5, 0.6) is 0 Å². The van der Waals surface area contributed by atoms with Crippen molar-refractivity contribution in [2.75, 3.05) is 0 Å². The van der Waals surface area contributed by atoms with Crippen LogP contribution >= 0.6 is 15.9 Å². The van der Waals surface area contributed by atoms with Gasteiger partial charge in [0.15, 0.2) is 0 Å². The Morgan fingerprint density at radius 1 is 1.29 bits per heavy atom. The molecule has 4 nitrogen and oxygen atoms in total. The fourth-order valence-corrected chi connectivity index (χ4v) is 4.23. The van der Waals surface area contributed by atoms with Crippen molar-refractivity contribution in [3.63, 3.8) is 0 Å². The molecule has 5 unspecified atom stereocenters. The minimum absolute atomic E-state index is 0.104. The van der Waals surface area contributed by atoms with Gasteiger partial charge in [-0.1, -0.05) is 13.8 Å². The van der Waals surface area contributed by atoms with Crippen molar-refractivity contribution in [1.29, 1.82) is 0 Å². The van der Waals surface area contributed by atoms with Crippen LogP contribution in [0.3, 0.4) is 0 Å². The monoisotopic (exact) mass is 358 g/mol. The van der Waals surface area contributed by atoms with Gasteiger partial charge in [-0.15, -0.1) is 0 Å². The van der Waals surface area contributed by atoms with Gasteiger partial charge in [0.1, 0.15) is 0 Å². The summed E-state index contributed by atoms with van der Waals surface area (Å²) < 4.78 is 8.92. The van der Waals surface area contributed by atoms with Gasteiger partial charge in [-0.25, -0.2) is 0 Å². The number of aryl methyl sites for hydroxylation is 2. The Hall–Kier alpha value is -0.390. The quantitative estimate of drug-likeness (QED) is 0.878. The van der Waals surface area contributed by atoms with Crippen LogP contribution in [0.15, 0.2) is 4.47 Å². The molecule has 0 bridgehead atoms. The molecule has 0 spiro atoms. The van der Waals surface area contributed by atoms with E-state index in [-0.39, 0.29) is 18.1 Å². The van der Waals surface area contributed by atoms with E-state index in [9.17, 15) is 5.11 Å². The maximum absolute atomic E-state index is 10.7. The van der Waals surface area contributed by atoms with Crippen molar-refractivity contribution in [3.05, 3.63) is 15.9 Å². The van der Waals surface area contributed by atoms with E-state index >= 15 is 0 Å². The Labute approximate surface area is 136 Å². The third-order valence-electron chi connectivity index (χ3n) is 4.86. The summed E-state index contributed by atoms with van der Waals surface area (Å²) in [4.78, 5) is 0. The summed E-state index contributed by atoms with van der Waals surface area (Å²) in [6.45, 7) is 11.3. The highest BCUT2D eigenvalue weighted by Gasteiger charge is 2.41. The predicted octanol–water partition coefficient (Wildman–Crippen LogP) is 3.19. The molecule has 5 atom stereocenters. The summed E-state index contributed by atoms with van der Waals surface area (Å²) in [5.41, 5.74) is 2.16. The van der Waals surface area contributed by atoms with Crippen molar-refractivity contribution < 1.29 is 9.84 Å². The van der Waals surface area contributed by atoms with E-state index in [0.717, 1.165) is 28.8 Å². The van der Waals surface area contributed by atoms with Gasteiger partial charge in [-0.05, 0) is 49.0 Å². The van der Waals surface area contributed by atoms with Crippen molar-refractivity contribution in [2.45, 2.75) is 72.3 Å². The Morgan fingerprint density at radius 2 is 1.95 bits per heavy atom. The van der Waals surface area contributed by atoms with E-state index in [2.05, 4.69) is 55.6 Å². The third-order valence-corrected chi connectivity index (χ3v) is 5.78. The summed E-state index contributed by atoms with van der Waals surface area (Å²) in [6, 6.07) is 0. The number of aromatic nitrogens is 2. The second-order valence-electron chi connectivity index (χ2n) is 6.13. The Balaban J connectivity index is 2.20. The minimum atomic E-state index is -0.400. The topological polar surface area (TPSA) is 47.3 Å². The van der Waals surface area contributed by atoms with E-state index < -0.39 is 6.10 Å². The van der Waals surface area contributed by atoms with E-state index in [1.807, 2.05) is 4.68 Å². The van der Waals surface area contributed by atoms with Crippen LogP contribution in [-0.2, 0) is 24.1 Å². The van der Waals surface area contributed by atoms with Gasteiger partial charge in [0.05, 0.1) is 34.2 Å². The number of aliphatic hydroxyl groups excluding tert-OH is 1. The second kappa shape index (κ2) is 6.80.